The lowest BCUT2D eigenvalue weighted by molar-refractivity contribution is -0.117. The summed E-state index contributed by atoms with van der Waals surface area (Å²) in [6.07, 6.45) is 0. The molecular formula is C16H15BrN6O2S. The number of halogens is 1. The summed E-state index contributed by atoms with van der Waals surface area (Å²) in [7, 11) is 0. The molecule has 0 aliphatic carbocycles. The number of amides is 3. The van der Waals surface area contributed by atoms with Gasteiger partial charge in [0.15, 0.2) is 10.8 Å². The highest BCUT2D eigenvalue weighted by Crippen LogP contribution is 2.18. The number of nitrogens with zero attached hydrogens (tertiary/aromatic N) is 4. The third kappa shape index (κ3) is 4.38. The topological polar surface area (TPSA) is 101 Å². The number of hydrogen-bond donors (Lipinski definition) is 2. The Labute approximate surface area is 161 Å². The standard InChI is InChI=1S/C16H15BrN6O2S/c1-9-7-13-21-22-16(23(13)10(2)18-9)26-8-14(24)20-15(25)19-12-5-3-11(17)4-6-12/h3-7H,8H2,1-2H3,(H2,19,20,24,25). The fourth-order valence-corrected chi connectivity index (χ4v) is 3.34. The minimum Gasteiger partial charge on any atom is -0.308 e. The summed E-state index contributed by atoms with van der Waals surface area (Å²) < 4.78 is 2.67. The number of anilines is 1. The molecule has 8 nitrogen and oxygen atoms in total. The Balaban J connectivity index is 1.57. The van der Waals surface area contributed by atoms with Crippen molar-refractivity contribution in [3.63, 3.8) is 0 Å². The van der Waals surface area contributed by atoms with Gasteiger partial charge in [-0.3, -0.25) is 14.5 Å². The van der Waals surface area contributed by atoms with Gasteiger partial charge in [0.25, 0.3) is 0 Å². The Morgan fingerprint density at radius 3 is 2.65 bits per heavy atom. The van der Waals surface area contributed by atoms with E-state index in [2.05, 4.69) is 41.7 Å². The van der Waals surface area contributed by atoms with Crippen LogP contribution < -0.4 is 10.6 Å². The van der Waals surface area contributed by atoms with Crippen LogP contribution in [-0.4, -0.2) is 37.3 Å². The van der Waals surface area contributed by atoms with E-state index < -0.39 is 11.9 Å². The number of aromatic nitrogens is 4. The number of benzene rings is 1. The molecule has 3 aromatic rings. The molecule has 0 aliphatic rings. The SMILES string of the molecule is Cc1cc2nnc(SCC(=O)NC(=O)Nc3ccc(Br)cc3)n2c(C)n1. The average Bonchev–Trinajstić information content (AvgIpc) is 2.98. The molecule has 2 heterocycles. The zero-order chi connectivity index (χ0) is 18.7. The summed E-state index contributed by atoms with van der Waals surface area (Å²) in [6.45, 7) is 3.73. The molecule has 0 bridgehead atoms. The van der Waals surface area contributed by atoms with Gasteiger partial charge in [-0.1, -0.05) is 27.7 Å². The Kier molecular flexibility index (Phi) is 5.52. The van der Waals surface area contributed by atoms with Gasteiger partial charge in [-0.05, 0) is 38.1 Å². The summed E-state index contributed by atoms with van der Waals surface area (Å²) in [4.78, 5) is 28.2. The number of urea groups is 1. The molecule has 0 saturated heterocycles. The number of carbonyl (C=O) groups excluding carboxylic acids is 2. The molecule has 0 spiro atoms. The van der Waals surface area contributed by atoms with Crippen molar-refractivity contribution in [1.82, 2.24) is 24.9 Å². The molecule has 26 heavy (non-hydrogen) atoms. The van der Waals surface area contributed by atoms with Crippen LogP contribution in [-0.2, 0) is 4.79 Å². The lowest BCUT2D eigenvalue weighted by atomic mass is 10.3. The second kappa shape index (κ2) is 7.83. The van der Waals surface area contributed by atoms with Crippen LogP contribution in [0.5, 0.6) is 0 Å². The van der Waals surface area contributed by atoms with Gasteiger partial charge in [0.2, 0.25) is 5.91 Å². The number of nitrogens with one attached hydrogen (secondary N) is 2. The summed E-state index contributed by atoms with van der Waals surface area (Å²) >= 11 is 4.50. The van der Waals surface area contributed by atoms with Crippen LogP contribution in [0, 0.1) is 13.8 Å². The summed E-state index contributed by atoms with van der Waals surface area (Å²) in [6, 6.07) is 8.27. The van der Waals surface area contributed by atoms with Crippen molar-refractivity contribution >= 4 is 51.0 Å². The van der Waals surface area contributed by atoms with Crippen molar-refractivity contribution in [2.45, 2.75) is 19.0 Å². The Morgan fingerprint density at radius 2 is 1.92 bits per heavy atom. The minimum absolute atomic E-state index is 0.0296. The molecule has 0 radical (unpaired) electrons. The fourth-order valence-electron chi connectivity index (χ4n) is 2.29. The molecule has 10 heteroatoms. The fraction of sp³-hybridized carbons (Fsp3) is 0.188. The second-order valence-electron chi connectivity index (χ2n) is 5.42. The Hall–Kier alpha value is -2.46. The van der Waals surface area contributed by atoms with E-state index in [1.807, 2.05) is 19.9 Å². The lowest BCUT2D eigenvalue weighted by Crippen LogP contribution is -2.35. The van der Waals surface area contributed by atoms with Crippen molar-refractivity contribution < 1.29 is 9.59 Å². The van der Waals surface area contributed by atoms with Crippen LogP contribution in [0.25, 0.3) is 5.65 Å². The van der Waals surface area contributed by atoms with Crippen LogP contribution in [0.15, 0.2) is 40.0 Å². The van der Waals surface area contributed by atoms with Crippen LogP contribution in [0.2, 0.25) is 0 Å². The number of fused-ring (bicyclic) bond motifs is 1. The monoisotopic (exact) mass is 434 g/mol. The average molecular weight is 435 g/mol. The molecule has 2 N–H and O–H groups in total. The normalized spacial score (nSPS) is 10.7. The van der Waals surface area contributed by atoms with Crippen LogP contribution in [0.4, 0.5) is 10.5 Å². The Bertz CT molecular complexity index is 973. The van der Waals surface area contributed by atoms with E-state index in [9.17, 15) is 9.59 Å². The van der Waals surface area contributed by atoms with E-state index in [1.54, 1.807) is 28.7 Å². The summed E-state index contributed by atoms with van der Waals surface area (Å²) in [5.41, 5.74) is 2.11. The first-order valence-corrected chi connectivity index (χ1v) is 9.39. The molecule has 3 rings (SSSR count). The smallest absolute Gasteiger partial charge is 0.308 e. The van der Waals surface area contributed by atoms with Crippen molar-refractivity contribution in [1.29, 1.82) is 0 Å². The number of hydrogen-bond acceptors (Lipinski definition) is 6. The first kappa shape index (κ1) is 18.3. The second-order valence-corrected chi connectivity index (χ2v) is 7.28. The van der Waals surface area contributed by atoms with Crippen LogP contribution >= 0.6 is 27.7 Å². The molecule has 0 unspecified atom stereocenters. The molecule has 0 fully saturated rings. The van der Waals surface area contributed by atoms with Gasteiger partial charge < -0.3 is 5.32 Å². The van der Waals surface area contributed by atoms with Crippen LogP contribution in [0.1, 0.15) is 11.5 Å². The van der Waals surface area contributed by atoms with Gasteiger partial charge in [0.05, 0.1) is 5.75 Å². The number of imide groups is 1. The summed E-state index contributed by atoms with van der Waals surface area (Å²) in [5, 5.41) is 13.6. The molecule has 134 valence electrons. The lowest BCUT2D eigenvalue weighted by Gasteiger charge is -2.07. The Morgan fingerprint density at radius 1 is 1.19 bits per heavy atom. The van der Waals surface area contributed by atoms with Gasteiger partial charge in [0.1, 0.15) is 5.82 Å². The molecule has 0 saturated carbocycles. The van der Waals surface area contributed by atoms with E-state index in [1.165, 1.54) is 11.8 Å². The largest absolute Gasteiger partial charge is 0.325 e. The zero-order valence-electron chi connectivity index (χ0n) is 14.0. The molecule has 0 atom stereocenters. The number of rotatable bonds is 4. The number of aryl methyl sites for hydroxylation is 2. The van der Waals surface area contributed by atoms with E-state index in [-0.39, 0.29) is 5.75 Å². The number of thioether (sulfide) groups is 1. The summed E-state index contributed by atoms with van der Waals surface area (Å²) in [5.74, 6) is 0.335. The quantitative estimate of drug-likeness (QED) is 0.612. The minimum atomic E-state index is -0.586. The third-order valence-corrected chi connectivity index (χ3v) is 4.80. The maximum absolute atomic E-state index is 12.0. The first-order chi connectivity index (χ1) is 12.4. The van der Waals surface area contributed by atoms with Gasteiger partial charge in [-0.15, -0.1) is 10.2 Å². The predicted octanol–water partition coefficient (Wildman–Crippen LogP) is 2.94. The van der Waals surface area contributed by atoms with Crippen molar-refractivity contribution in [2.75, 3.05) is 11.1 Å². The van der Waals surface area contributed by atoms with E-state index >= 15 is 0 Å². The first-order valence-electron chi connectivity index (χ1n) is 7.61. The molecule has 3 amide bonds. The maximum atomic E-state index is 12.0. The van der Waals surface area contributed by atoms with E-state index in [0.29, 0.717) is 16.5 Å². The zero-order valence-corrected chi connectivity index (χ0v) is 16.4. The van der Waals surface area contributed by atoms with Crippen molar-refractivity contribution in [2.24, 2.45) is 0 Å². The molecule has 0 aliphatic heterocycles. The maximum Gasteiger partial charge on any atom is 0.325 e. The highest BCUT2D eigenvalue weighted by atomic mass is 79.9. The third-order valence-electron chi connectivity index (χ3n) is 3.35. The highest BCUT2D eigenvalue weighted by molar-refractivity contribution is 9.10. The molecule has 1 aromatic carbocycles. The molecular weight excluding hydrogens is 420 g/mol. The van der Waals surface area contributed by atoms with Gasteiger partial charge in [-0.2, -0.15) is 0 Å². The van der Waals surface area contributed by atoms with Crippen molar-refractivity contribution in [3.8, 4) is 0 Å². The van der Waals surface area contributed by atoms with Gasteiger partial charge >= 0.3 is 6.03 Å². The predicted molar refractivity (Wildman–Crippen MR) is 102 cm³/mol. The van der Waals surface area contributed by atoms with E-state index in [0.717, 1.165) is 16.0 Å². The van der Waals surface area contributed by atoms with E-state index in [4.69, 9.17) is 0 Å². The van der Waals surface area contributed by atoms with Gasteiger partial charge in [0, 0.05) is 21.9 Å². The number of carbonyl (C=O) groups is 2. The highest BCUT2D eigenvalue weighted by Gasteiger charge is 2.13. The molecule has 2 aromatic heterocycles. The van der Waals surface area contributed by atoms with Gasteiger partial charge in [-0.25, -0.2) is 9.78 Å². The van der Waals surface area contributed by atoms with Crippen molar-refractivity contribution in [3.05, 3.63) is 46.3 Å². The van der Waals surface area contributed by atoms with Crippen LogP contribution in [0.3, 0.4) is 0 Å².